The highest BCUT2D eigenvalue weighted by atomic mass is 35.5. The summed E-state index contributed by atoms with van der Waals surface area (Å²) in [6, 6.07) is 13.0. The molecule has 3 rings (SSSR count). The average molecular weight is 333 g/mol. The highest BCUT2D eigenvalue weighted by Crippen LogP contribution is 2.34. The van der Waals surface area contributed by atoms with E-state index in [1.807, 2.05) is 42.5 Å². The SMILES string of the molecule is O=C(CCNc1ccc2c(c1)OCO2)NCc1ccc(Cl)cc1. The van der Waals surface area contributed by atoms with E-state index in [9.17, 15) is 4.79 Å². The fraction of sp³-hybridized carbons (Fsp3) is 0.235. The van der Waals surface area contributed by atoms with E-state index in [4.69, 9.17) is 21.1 Å². The summed E-state index contributed by atoms with van der Waals surface area (Å²) in [4.78, 5) is 11.8. The van der Waals surface area contributed by atoms with Crippen LogP contribution in [0, 0.1) is 0 Å². The Balaban J connectivity index is 1.40. The predicted molar refractivity (Wildman–Crippen MR) is 89.0 cm³/mol. The summed E-state index contributed by atoms with van der Waals surface area (Å²) in [5.74, 6) is 1.46. The molecule has 1 heterocycles. The maximum atomic E-state index is 11.8. The summed E-state index contributed by atoms with van der Waals surface area (Å²) in [6.45, 7) is 1.30. The van der Waals surface area contributed by atoms with Crippen molar-refractivity contribution in [1.82, 2.24) is 5.32 Å². The van der Waals surface area contributed by atoms with E-state index < -0.39 is 0 Å². The second-order valence-corrected chi connectivity index (χ2v) is 5.58. The Kier molecular flexibility index (Phi) is 4.88. The Morgan fingerprint density at radius 3 is 2.70 bits per heavy atom. The van der Waals surface area contributed by atoms with Gasteiger partial charge in [0.15, 0.2) is 11.5 Å². The number of nitrogens with one attached hydrogen (secondary N) is 2. The molecule has 0 spiro atoms. The third kappa shape index (κ3) is 4.29. The summed E-state index contributed by atoms with van der Waals surface area (Å²) in [7, 11) is 0. The molecule has 1 aliphatic heterocycles. The van der Waals surface area contributed by atoms with Gasteiger partial charge >= 0.3 is 0 Å². The highest BCUT2D eigenvalue weighted by molar-refractivity contribution is 6.30. The summed E-state index contributed by atoms with van der Waals surface area (Å²) >= 11 is 5.82. The smallest absolute Gasteiger partial charge is 0.231 e. The van der Waals surface area contributed by atoms with Crippen LogP contribution in [0.1, 0.15) is 12.0 Å². The van der Waals surface area contributed by atoms with Gasteiger partial charge in [-0.1, -0.05) is 23.7 Å². The molecule has 1 aliphatic rings. The topological polar surface area (TPSA) is 59.6 Å². The predicted octanol–water partition coefficient (Wildman–Crippen LogP) is 3.19. The van der Waals surface area contributed by atoms with Gasteiger partial charge in [-0.15, -0.1) is 0 Å². The number of ether oxygens (including phenoxy) is 2. The van der Waals surface area contributed by atoms with Gasteiger partial charge in [-0.05, 0) is 29.8 Å². The van der Waals surface area contributed by atoms with Gasteiger partial charge in [-0.3, -0.25) is 4.79 Å². The Hall–Kier alpha value is -2.40. The Morgan fingerprint density at radius 1 is 1.09 bits per heavy atom. The molecule has 0 aromatic heterocycles. The van der Waals surface area contributed by atoms with Crippen LogP contribution in [0.5, 0.6) is 11.5 Å². The molecule has 0 fully saturated rings. The number of carbonyl (C=O) groups is 1. The zero-order chi connectivity index (χ0) is 16.1. The molecule has 0 saturated heterocycles. The van der Waals surface area contributed by atoms with Crippen molar-refractivity contribution in [3.63, 3.8) is 0 Å². The molecule has 0 unspecified atom stereocenters. The lowest BCUT2D eigenvalue weighted by Gasteiger charge is -2.08. The first-order valence-corrected chi connectivity index (χ1v) is 7.73. The van der Waals surface area contributed by atoms with E-state index in [1.165, 1.54) is 0 Å². The number of rotatable bonds is 6. The number of halogens is 1. The number of carbonyl (C=O) groups excluding carboxylic acids is 1. The summed E-state index contributed by atoms with van der Waals surface area (Å²) < 4.78 is 10.6. The summed E-state index contributed by atoms with van der Waals surface area (Å²) in [5.41, 5.74) is 1.92. The van der Waals surface area contributed by atoms with Crippen molar-refractivity contribution in [3.05, 3.63) is 53.1 Å². The van der Waals surface area contributed by atoms with Crippen LogP contribution in [0.4, 0.5) is 5.69 Å². The summed E-state index contributed by atoms with van der Waals surface area (Å²) in [5, 5.41) is 6.76. The number of benzene rings is 2. The largest absolute Gasteiger partial charge is 0.454 e. The van der Waals surface area contributed by atoms with Gasteiger partial charge in [0, 0.05) is 36.3 Å². The first-order valence-electron chi connectivity index (χ1n) is 7.35. The van der Waals surface area contributed by atoms with Gasteiger partial charge in [0.1, 0.15) is 0 Å². The third-order valence-electron chi connectivity index (χ3n) is 3.46. The second kappa shape index (κ2) is 7.24. The molecule has 0 aliphatic carbocycles. The zero-order valence-corrected chi connectivity index (χ0v) is 13.2. The first kappa shape index (κ1) is 15.5. The standard InChI is InChI=1S/C17H17ClN2O3/c18-13-3-1-12(2-4-13)10-20-17(21)7-8-19-14-5-6-15-16(9-14)23-11-22-15/h1-6,9,19H,7-8,10-11H2,(H,20,21). The maximum absolute atomic E-state index is 11.8. The van der Waals surface area contributed by atoms with Gasteiger partial charge in [0.2, 0.25) is 12.7 Å². The molecule has 0 bridgehead atoms. The molecule has 2 N–H and O–H groups in total. The van der Waals surface area contributed by atoms with E-state index in [0.717, 1.165) is 22.7 Å². The van der Waals surface area contributed by atoms with E-state index in [1.54, 1.807) is 0 Å². The van der Waals surface area contributed by atoms with Crippen molar-refractivity contribution < 1.29 is 14.3 Å². The fourth-order valence-electron chi connectivity index (χ4n) is 2.22. The van der Waals surface area contributed by atoms with Crippen LogP contribution in [-0.2, 0) is 11.3 Å². The van der Waals surface area contributed by atoms with Crippen molar-refractivity contribution in [2.75, 3.05) is 18.7 Å². The molecule has 0 saturated carbocycles. The maximum Gasteiger partial charge on any atom is 0.231 e. The molecule has 2 aromatic carbocycles. The molecule has 120 valence electrons. The van der Waals surface area contributed by atoms with Gasteiger partial charge in [-0.2, -0.15) is 0 Å². The molecular formula is C17H17ClN2O3. The number of hydrogen-bond acceptors (Lipinski definition) is 4. The number of anilines is 1. The van der Waals surface area contributed by atoms with Gasteiger partial charge in [0.05, 0.1) is 0 Å². The fourth-order valence-corrected chi connectivity index (χ4v) is 2.34. The number of fused-ring (bicyclic) bond motifs is 1. The van der Waals surface area contributed by atoms with E-state index in [2.05, 4.69) is 10.6 Å². The lowest BCUT2D eigenvalue weighted by atomic mass is 10.2. The molecule has 1 amide bonds. The minimum atomic E-state index is -0.00630. The highest BCUT2D eigenvalue weighted by Gasteiger charge is 2.13. The van der Waals surface area contributed by atoms with E-state index >= 15 is 0 Å². The average Bonchev–Trinajstić information content (AvgIpc) is 3.02. The molecule has 0 radical (unpaired) electrons. The first-order chi connectivity index (χ1) is 11.2. The molecule has 2 aromatic rings. The Morgan fingerprint density at radius 2 is 1.87 bits per heavy atom. The lowest BCUT2D eigenvalue weighted by Crippen LogP contribution is -2.24. The van der Waals surface area contributed by atoms with Gasteiger partial charge in [0.25, 0.3) is 0 Å². The molecular weight excluding hydrogens is 316 g/mol. The second-order valence-electron chi connectivity index (χ2n) is 5.15. The minimum Gasteiger partial charge on any atom is -0.454 e. The van der Waals surface area contributed by atoms with Crippen LogP contribution in [0.2, 0.25) is 5.02 Å². The van der Waals surface area contributed by atoms with Crippen LogP contribution in [-0.4, -0.2) is 19.2 Å². The number of hydrogen-bond donors (Lipinski definition) is 2. The quantitative estimate of drug-likeness (QED) is 0.853. The Labute approximate surface area is 139 Å². The Bertz CT molecular complexity index is 689. The van der Waals surface area contributed by atoms with Crippen LogP contribution in [0.25, 0.3) is 0 Å². The number of amides is 1. The van der Waals surface area contributed by atoms with Crippen LogP contribution >= 0.6 is 11.6 Å². The molecule has 0 atom stereocenters. The zero-order valence-electron chi connectivity index (χ0n) is 12.5. The van der Waals surface area contributed by atoms with Crippen molar-refractivity contribution in [1.29, 1.82) is 0 Å². The van der Waals surface area contributed by atoms with Crippen LogP contribution < -0.4 is 20.1 Å². The monoisotopic (exact) mass is 332 g/mol. The van der Waals surface area contributed by atoms with Crippen LogP contribution in [0.15, 0.2) is 42.5 Å². The molecule has 23 heavy (non-hydrogen) atoms. The third-order valence-corrected chi connectivity index (χ3v) is 3.71. The normalized spacial score (nSPS) is 12.0. The summed E-state index contributed by atoms with van der Waals surface area (Å²) in [6.07, 6.45) is 0.391. The van der Waals surface area contributed by atoms with Crippen molar-refractivity contribution >= 4 is 23.2 Å². The van der Waals surface area contributed by atoms with Gasteiger partial charge < -0.3 is 20.1 Å². The minimum absolute atomic E-state index is 0.00630. The van der Waals surface area contributed by atoms with E-state index in [-0.39, 0.29) is 12.7 Å². The van der Waals surface area contributed by atoms with Crippen molar-refractivity contribution in [2.24, 2.45) is 0 Å². The molecule has 5 nitrogen and oxygen atoms in total. The van der Waals surface area contributed by atoms with Crippen molar-refractivity contribution in [2.45, 2.75) is 13.0 Å². The molecule has 6 heteroatoms. The van der Waals surface area contributed by atoms with Crippen molar-refractivity contribution in [3.8, 4) is 11.5 Å². The van der Waals surface area contributed by atoms with Gasteiger partial charge in [-0.25, -0.2) is 0 Å². The van der Waals surface area contributed by atoms with E-state index in [0.29, 0.717) is 24.5 Å². The van der Waals surface area contributed by atoms with Crippen LogP contribution in [0.3, 0.4) is 0 Å². The lowest BCUT2D eigenvalue weighted by molar-refractivity contribution is -0.121.